The summed E-state index contributed by atoms with van der Waals surface area (Å²) in [5.41, 5.74) is 38.8. The van der Waals surface area contributed by atoms with Gasteiger partial charge in [0.1, 0.15) is 41.3 Å². The van der Waals surface area contributed by atoms with Crippen molar-refractivity contribution in [2.75, 3.05) is 0 Å². The van der Waals surface area contributed by atoms with Gasteiger partial charge in [-0.25, -0.2) is 67.1 Å². The van der Waals surface area contributed by atoms with Gasteiger partial charge in [-0.3, -0.25) is 23.7 Å². The van der Waals surface area contributed by atoms with Crippen molar-refractivity contribution in [1.82, 2.24) is 92.3 Å². The number of H-pyrrole nitrogens is 1. The number of hydrogen-bond donors (Lipinski definition) is 1. The van der Waals surface area contributed by atoms with E-state index in [1.165, 1.54) is 70.9 Å². The number of aryl methyl sites for hydroxylation is 22. The van der Waals surface area contributed by atoms with E-state index in [1.807, 2.05) is 179 Å². The number of nitrogens with zero attached hydrogens (tertiary/aromatic N) is 18. The molecule has 20 aromatic rings. The maximum Gasteiger partial charge on any atom is 0.333 e. The summed E-state index contributed by atoms with van der Waals surface area (Å²) in [6.07, 6.45) is 9.89. The molecule has 24 heteroatoms. The Morgan fingerprint density at radius 2 is 0.548 bits per heavy atom. The van der Waals surface area contributed by atoms with E-state index >= 15 is 0 Å². The molecule has 0 saturated carbocycles. The van der Waals surface area contributed by atoms with E-state index in [-0.39, 0.29) is 22.6 Å². The van der Waals surface area contributed by atoms with Gasteiger partial charge in [0.05, 0.1) is 62.4 Å². The van der Waals surface area contributed by atoms with Gasteiger partial charge in [-0.2, -0.15) is 20.4 Å². The minimum atomic E-state index is -0.478. The van der Waals surface area contributed by atoms with Gasteiger partial charge in [-0.05, 0) is 347 Å². The van der Waals surface area contributed by atoms with Crippen LogP contribution in [0.3, 0.4) is 0 Å². The molecule has 10 aromatic carbocycles. The van der Waals surface area contributed by atoms with Crippen LogP contribution in [0.4, 0.5) is 0 Å². The van der Waals surface area contributed by atoms with Gasteiger partial charge in [0.25, 0.3) is 22.2 Å². The Morgan fingerprint density at radius 1 is 0.237 bits per heavy atom. The average Bonchev–Trinajstić information content (AvgIpc) is 1.62. The molecule has 674 valence electrons. The molecule has 0 aliphatic heterocycles. The van der Waals surface area contributed by atoms with Gasteiger partial charge >= 0.3 is 5.69 Å². The predicted octanol–water partition coefficient (Wildman–Crippen LogP) is 21.2. The summed E-state index contributed by atoms with van der Waals surface area (Å²) in [6.45, 7) is 44.3. The van der Waals surface area contributed by atoms with E-state index in [9.17, 15) is 24.0 Å². The Morgan fingerprint density at radius 3 is 0.933 bits per heavy atom. The van der Waals surface area contributed by atoms with Crippen molar-refractivity contribution < 1.29 is 0 Å². The molecule has 0 fully saturated rings. The van der Waals surface area contributed by atoms with Gasteiger partial charge < -0.3 is 4.98 Å². The summed E-state index contributed by atoms with van der Waals surface area (Å²) in [5, 5.41) is 18.7. The number of nitrogens with one attached hydrogen (secondary N) is 1. The fraction of sp³-hybridized carbons (Fsp3) is 0.198. The molecule has 135 heavy (non-hydrogen) atoms. The predicted molar refractivity (Wildman–Crippen MR) is 540 cm³/mol. The van der Waals surface area contributed by atoms with Crippen LogP contribution in [-0.4, -0.2) is 92.3 Å². The molecule has 0 aliphatic rings. The van der Waals surface area contributed by atoms with E-state index in [0.717, 1.165) is 140 Å². The highest BCUT2D eigenvalue weighted by molar-refractivity contribution is 5.84. The number of hydrogen-bond acceptors (Lipinski definition) is 15. The zero-order chi connectivity index (χ0) is 95.7. The van der Waals surface area contributed by atoms with E-state index in [2.05, 4.69) is 210 Å². The second-order valence-electron chi connectivity index (χ2n) is 35.5. The van der Waals surface area contributed by atoms with E-state index < -0.39 is 11.2 Å². The zero-order valence-corrected chi connectivity index (χ0v) is 80.0. The lowest BCUT2D eigenvalue weighted by Gasteiger charge is -2.13. The summed E-state index contributed by atoms with van der Waals surface area (Å²) in [6, 6.07) is 65.3. The van der Waals surface area contributed by atoms with Crippen molar-refractivity contribution in [2.24, 2.45) is 0 Å². The summed E-state index contributed by atoms with van der Waals surface area (Å²) in [5.74, 6) is 0.794. The number of rotatable bonds is 12. The lowest BCUT2D eigenvalue weighted by atomic mass is 9.98. The maximum absolute atomic E-state index is 13.9. The van der Waals surface area contributed by atoms with Gasteiger partial charge in [0, 0.05) is 29.7 Å². The summed E-state index contributed by atoms with van der Waals surface area (Å²) >= 11 is 0. The molecular formula is C111H105N19O5. The van der Waals surface area contributed by atoms with Crippen molar-refractivity contribution >= 4 is 44.1 Å². The quantitative estimate of drug-likeness (QED) is 0.119. The summed E-state index contributed by atoms with van der Waals surface area (Å²) in [7, 11) is 0. The molecule has 0 amide bonds. The largest absolute Gasteiger partial charge is 0.333 e. The number of pyridine rings is 1. The van der Waals surface area contributed by atoms with E-state index in [0.29, 0.717) is 67.0 Å². The molecule has 0 bridgehead atoms. The first-order chi connectivity index (χ1) is 64.6. The highest BCUT2D eigenvalue weighted by Crippen LogP contribution is 2.34. The fourth-order valence-corrected chi connectivity index (χ4v) is 17.8. The molecule has 10 heterocycles. The molecule has 1 N–H and O–H groups in total. The highest BCUT2D eigenvalue weighted by atomic mass is 16.2. The van der Waals surface area contributed by atoms with Crippen molar-refractivity contribution in [3.63, 3.8) is 0 Å². The molecule has 0 aliphatic carbocycles. The number of aromatic nitrogens is 19. The van der Waals surface area contributed by atoms with E-state index in [4.69, 9.17) is 5.10 Å². The number of aromatic amines is 1. The Hall–Kier alpha value is -16.4. The third-order valence-corrected chi connectivity index (χ3v) is 25.9. The van der Waals surface area contributed by atoms with Crippen molar-refractivity contribution in [2.45, 2.75) is 152 Å². The first-order valence-electron chi connectivity index (χ1n) is 44.9. The minimum absolute atomic E-state index is 0.130. The Kier molecular flexibility index (Phi) is 24.4. The normalized spacial score (nSPS) is 11.3. The molecule has 20 rings (SSSR count). The van der Waals surface area contributed by atoms with Crippen LogP contribution in [-0.2, 0) is 0 Å². The SMILES string of the molecule is Cc1cc(C)c(-n2nc(C)c3[nH]c(=O)n(-c4ccc(-c5ccccc5C)cc4C)c(=O)c32)cc1C.Cc1cc(C)c(-n2nc(C)c3ncn(-c4ccc(-c5ccccc5C)cc4C)c(=O)c32)cc1C.Cc1cc(C)c(-n2nc(C)c3ncn(-c4ccc(-c5ccccc5C)cn4)c(=O)c32)cc1C.Cc1cc(C)c(-n2nc(C)c3ncn(-c4ncc(-c5ccccc5C)cn4)c(=O)c32)cc1C. The number of fused-ring (bicyclic) bond motifs is 4. The second kappa shape index (κ2) is 36.4. The first-order valence-corrected chi connectivity index (χ1v) is 44.9. The highest BCUT2D eigenvalue weighted by Gasteiger charge is 2.26. The monoisotopic (exact) mass is 1780 g/mol. The minimum Gasteiger partial charge on any atom is -0.303 e. The summed E-state index contributed by atoms with van der Waals surface area (Å²) in [4.78, 5) is 98.2. The standard InChI is InChI=1S/C29H28N4O2.C29H28N4O.C27H25N5O.C26H24N6O/c1-16-9-7-8-10-23(16)22-11-12-24(20(5)14-22)32-28(34)27-26(30-29(32)35)21(6)31-33(27)25-15-18(3)17(2)13-19(25)4;1-17-9-7-8-10-24(17)23-11-12-25(21(5)14-23)32-16-30-27-22(6)31-33(28(27)29(32)34)26-15-19(3)18(2)13-20(26)4;1-16-8-6-7-9-22(16)21-10-11-24(28-14-21)31-15-29-25-20(5)30-32(26(25)27(31)33)23-13-18(3)17(2)12-19(23)4;1-15-8-6-7-9-21(15)20-12-27-26(28-13-20)31-14-29-23-19(5)30-32(24(23)25(31)33)22-11-17(3)16(2)10-18(22)4/h7-15H,1-6H3,(H,30,35);7-16H,1-6H3;6-15H,1-5H3;6-14H,1-5H3. The van der Waals surface area contributed by atoms with Crippen LogP contribution < -0.4 is 27.9 Å². The van der Waals surface area contributed by atoms with Crippen LogP contribution in [0.25, 0.3) is 135 Å². The Bertz CT molecular complexity index is 8280. The fourth-order valence-electron chi connectivity index (χ4n) is 17.8. The van der Waals surface area contributed by atoms with Gasteiger partial charge in [0.2, 0.25) is 5.95 Å². The molecule has 0 spiro atoms. The van der Waals surface area contributed by atoms with Crippen LogP contribution in [0.2, 0.25) is 0 Å². The van der Waals surface area contributed by atoms with Crippen LogP contribution in [0.15, 0.2) is 256 Å². The van der Waals surface area contributed by atoms with Crippen LogP contribution in [0.1, 0.15) is 123 Å². The summed E-state index contributed by atoms with van der Waals surface area (Å²) < 4.78 is 12.5. The van der Waals surface area contributed by atoms with Crippen LogP contribution in [0, 0.1) is 152 Å². The molecule has 0 atom stereocenters. The smallest absolute Gasteiger partial charge is 0.303 e. The molecule has 10 aromatic heterocycles. The molecular weight excluding hydrogens is 1680 g/mol. The molecule has 0 unspecified atom stereocenters. The topological polar surface area (TPSA) is 269 Å². The average molecular weight is 1790 g/mol. The lowest BCUT2D eigenvalue weighted by molar-refractivity contribution is 0.843. The van der Waals surface area contributed by atoms with E-state index in [1.54, 1.807) is 55.1 Å². The molecule has 0 radical (unpaired) electrons. The molecule has 24 nitrogen and oxygen atoms in total. The maximum atomic E-state index is 13.9. The lowest BCUT2D eigenvalue weighted by Crippen LogP contribution is -2.34. The molecule has 0 saturated heterocycles. The Balaban J connectivity index is 0.000000125. The van der Waals surface area contributed by atoms with Crippen LogP contribution >= 0.6 is 0 Å². The van der Waals surface area contributed by atoms with Crippen molar-refractivity contribution in [1.29, 1.82) is 0 Å². The van der Waals surface area contributed by atoms with Gasteiger partial charge in [-0.1, -0.05) is 133 Å². The van der Waals surface area contributed by atoms with Gasteiger partial charge in [-0.15, -0.1) is 0 Å². The van der Waals surface area contributed by atoms with Gasteiger partial charge in [0.15, 0.2) is 22.1 Å². The third kappa shape index (κ3) is 16.9. The third-order valence-electron chi connectivity index (χ3n) is 25.9. The zero-order valence-electron chi connectivity index (χ0n) is 80.0. The van der Waals surface area contributed by atoms with Crippen molar-refractivity contribution in [3.05, 3.63) is 407 Å². The second-order valence-corrected chi connectivity index (χ2v) is 35.5. The number of benzene rings is 10. The van der Waals surface area contributed by atoms with Crippen LogP contribution in [0.5, 0.6) is 0 Å². The van der Waals surface area contributed by atoms with Crippen molar-refractivity contribution in [3.8, 4) is 90.4 Å². The Labute approximate surface area is 781 Å². The first kappa shape index (κ1) is 90.6.